The molecule has 0 aromatic heterocycles. The van der Waals surface area contributed by atoms with Gasteiger partial charge in [-0.1, -0.05) is 12.2 Å². The van der Waals surface area contributed by atoms with Gasteiger partial charge in [0.1, 0.15) is 0 Å². The Balaban J connectivity index is 2.38. The molecule has 9 heavy (non-hydrogen) atoms. The number of rotatable bonds is 1. The van der Waals surface area contributed by atoms with Gasteiger partial charge >= 0.3 is 0 Å². The predicted octanol–water partition coefficient (Wildman–Crippen LogP) is 2.11. The van der Waals surface area contributed by atoms with Crippen molar-refractivity contribution in [3.8, 4) is 6.07 Å². The maximum absolute atomic E-state index is 8.50. The summed E-state index contributed by atoms with van der Waals surface area (Å²) in [6.07, 6.45) is 6.49. The standard InChI is InChI=1S/C8H11N/c1-2-3-7-4-5-8(7)6-9/h2-3,7-8H,4-5H2,1H3/b3-2+/t7-,8-/m1/s1. The quantitative estimate of drug-likeness (QED) is 0.487. The molecular formula is C8H11N. The Bertz CT molecular complexity index is 152. The van der Waals surface area contributed by atoms with Crippen molar-refractivity contribution in [3.63, 3.8) is 0 Å². The summed E-state index contributed by atoms with van der Waals surface area (Å²) in [5.41, 5.74) is 0. The van der Waals surface area contributed by atoms with Crippen LogP contribution in [0.2, 0.25) is 0 Å². The van der Waals surface area contributed by atoms with Crippen molar-refractivity contribution in [2.75, 3.05) is 0 Å². The van der Waals surface area contributed by atoms with Gasteiger partial charge in [-0.3, -0.25) is 0 Å². The summed E-state index contributed by atoms with van der Waals surface area (Å²) in [5, 5.41) is 8.50. The fourth-order valence-corrected chi connectivity index (χ4v) is 1.16. The van der Waals surface area contributed by atoms with Crippen LogP contribution >= 0.6 is 0 Å². The zero-order chi connectivity index (χ0) is 6.69. The van der Waals surface area contributed by atoms with Gasteiger partial charge < -0.3 is 0 Å². The highest BCUT2D eigenvalue weighted by Gasteiger charge is 2.27. The van der Waals surface area contributed by atoms with Crippen molar-refractivity contribution < 1.29 is 0 Å². The van der Waals surface area contributed by atoms with Crippen LogP contribution in [0.1, 0.15) is 19.8 Å². The lowest BCUT2D eigenvalue weighted by molar-refractivity contribution is 0.294. The monoisotopic (exact) mass is 121 g/mol. The minimum Gasteiger partial charge on any atom is -0.198 e. The third kappa shape index (κ3) is 1.13. The summed E-state index contributed by atoms with van der Waals surface area (Å²) in [6, 6.07) is 2.29. The average molecular weight is 121 g/mol. The highest BCUT2D eigenvalue weighted by Crippen LogP contribution is 2.34. The first-order valence-electron chi connectivity index (χ1n) is 3.41. The lowest BCUT2D eigenvalue weighted by atomic mass is 9.74. The third-order valence-corrected chi connectivity index (χ3v) is 1.93. The largest absolute Gasteiger partial charge is 0.198 e. The fraction of sp³-hybridized carbons (Fsp3) is 0.625. The van der Waals surface area contributed by atoms with Gasteiger partial charge in [-0.2, -0.15) is 5.26 Å². The second kappa shape index (κ2) is 2.68. The normalized spacial score (nSPS) is 33.8. The maximum atomic E-state index is 8.50. The molecule has 0 radical (unpaired) electrons. The number of hydrogen-bond donors (Lipinski definition) is 0. The third-order valence-electron chi connectivity index (χ3n) is 1.93. The average Bonchev–Trinajstić information content (AvgIpc) is 1.82. The second-order valence-electron chi connectivity index (χ2n) is 2.50. The van der Waals surface area contributed by atoms with Gasteiger partial charge in [0.2, 0.25) is 0 Å². The first-order chi connectivity index (χ1) is 4.38. The Morgan fingerprint density at radius 2 is 2.33 bits per heavy atom. The molecule has 0 bridgehead atoms. The van der Waals surface area contributed by atoms with Crippen LogP contribution in [0.5, 0.6) is 0 Å². The summed E-state index contributed by atoms with van der Waals surface area (Å²) in [4.78, 5) is 0. The van der Waals surface area contributed by atoms with E-state index in [1.807, 2.05) is 13.0 Å². The van der Waals surface area contributed by atoms with Gasteiger partial charge in [-0.25, -0.2) is 0 Å². The van der Waals surface area contributed by atoms with Crippen molar-refractivity contribution in [2.24, 2.45) is 11.8 Å². The van der Waals surface area contributed by atoms with Gasteiger partial charge in [0.05, 0.1) is 12.0 Å². The Labute approximate surface area is 56.0 Å². The number of nitrogens with zero attached hydrogens (tertiary/aromatic N) is 1. The molecular weight excluding hydrogens is 110 g/mol. The zero-order valence-corrected chi connectivity index (χ0v) is 5.67. The molecule has 0 aliphatic heterocycles. The number of hydrogen-bond acceptors (Lipinski definition) is 1. The fourth-order valence-electron chi connectivity index (χ4n) is 1.16. The minimum atomic E-state index is 0.321. The molecule has 1 aliphatic carbocycles. The summed E-state index contributed by atoms with van der Waals surface area (Å²) >= 11 is 0. The zero-order valence-electron chi connectivity index (χ0n) is 5.67. The van der Waals surface area contributed by atoms with E-state index < -0.39 is 0 Å². The molecule has 0 unspecified atom stereocenters. The molecule has 1 aliphatic rings. The molecule has 2 atom stereocenters. The Morgan fingerprint density at radius 1 is 1.56 bits per heavy atom. The van der Waals surface area contributed by atoms with Crippen LogP contribution in [0, 0.1) is 23.2 Å². The van der Waals surface area contributed by atoms with Crippen molar-refractivity contribution in [2.45, 2.75) is 19.8 Å². The van der Waals surface area contributed by atoms with Crippen molar-refractivity contribution >= 4 is 0 Å². The van der Waals surface area contributed by atoms with Crippen molar-refractivity contribution in [1.29, 1.82) is 5.26 Å². The minimum absolute atomic E-state index is 0.321. The molecule has 0 spiro atoms. The van der Waals surface area contributed by atoms with Crippen LogP contribution in [0.4, 0.5) is 0 Å². The Kier molecular flexibility index (Phi) is 1.89. The van der Waals surface area contributed by atoms with Crippen LogP contribution in [0.15, 0.2) is 12.2 Å². The summed E-state index contributed by atoms with van der Waals surface area (Å²) in [5.74, 6) is 0.890. The van der Waals surface area contributed by atoms with Crippen LogP contribution in [-0.2, 0) is 0 Å². The first-order valence-corrected chi connectivity index (χ1v) is 3.41. The lowest BCUT2D eigenvalue weighted by Gasteiger charge is -2.28. The summed E-state index contributed by atoms with van der Waals surface area (Å²) in [6.45, 7) is 2.01. The lowest BCUT2D eigenvalue weighted by Crippen LogP contribution is -2.21. The van der Waals surface area contributed by atoms with Gasteiger partial charge in [0, 0.05) is 0 Å². The molecule has 1 rings (SSSR count). The molecule has 0 amide bonds. The Hall–Kier alpha value is -0.770. The van der Waals surface area contributed by atoms with Gasteiger partial charge in [0.25, 0.3) is 0 Å². The molecule has 0 aromatic rings. The molecule has 0 N–H and O–H groups in total. The van der Waals surface area contributed by atoms with Crippen LogP contribution < -0.4 is 0 Å². The van der Waals surface area contributed by atoms with Gasteiger partial charge in [-0.15, -0.1) is 0 Å². The smallest absolute Gasteiger partial charge is 0.0661 e. The van der Waals surface area contributed by atoms with E-state index in [1.165, 1.54) is 6.42 Å². The SMILES string of the molecule is C/C=C/[C@@H]1CC[C@@H]1C#N. The van der Waals surface area contributed by atoms with E-state index in [0.717, 1.165) is 6.42 Å². The molecule has 1 nitrogen and oxygen atoms in total. The molecule has 1 fully saturated rings. The Morgan fingerprint density at radius 3 is 2.67 bits per heavy atom. The second-order valence-corrected chi connectivity index (χ2v) is 2.50. The van der Waals surface area contributed by atoms with E-state index in [-0.39, 0.29) is 0 Å². The topological polar surface area (TPSA) is 23.8 Å². The van der Waals surface area contributed by atoms with E-state index in [9.17, 15) is 0 Å². The highest BCUT2D eigenvalue weighted by atomic mass is 14.4. The van der Waals surface area contributed by atoms with E-state index in [1.54, 1.807) is 0 Å². The van der Waals surface area contributed by atoms with E-state index in [4.69, 9.17) is 5.26 Å². The maximum Gasteiger partial charge on any atom is 0.0661 e. The van der Waals surface area contributed by atoms with Gasteiger partial charge in [-0.05, 0) is 25.7 Å². The molecule has 0 heterocycles. The van der Waals surface area contributed by atoms with Crippen LogP contribution in [-0.4, -0.2) is 0 Å². The predicted molar refractivity (Wildman–Crippen MR) is 36.6 cm³/mol. The molecule has 1 heteroatoms. The summed E-state index contributed by atoms with van der Waals surface area (Å²) in [7, 11) is 0. The van der Waals surface area contributed by atoms with Gasteiger partial charge in [0.15, 0.2) is 0 Å². The van der Waals surface area contributed by atoms with Crippen LogP contribution in [0.25, 0.3) is 0 Å². The molecule has 1 saturated carbocycles. The van der Waals surface area contributed by atoms with Crippen molar-refractivity contribution in [1.82, 2.24) is 0 Å². The molecule has 0 saturated heterocycles. The highest BCUT2D eigenvalue weighted by molar-refractivity contribution is 5.04. The van der Waals surface area contributed by atoms with E-state index in [0.29, 0.717) is 11.8 Å². The summed E-state index contributed by atoms with van der Waals surface area (Å²) < 4.78 is 0. The van der Waals surface area contributed by atoms with Crippen LogP contribution in [0.3, 0.4) is 0 Å². The molecule has 0 aromatic carbocycles. The van der Waals surface area contributed by atoms with E-state index in [2.05, 4.69) is 12.1 Å². The first kappa shape index (κ1) is 6.35. The molecule has 48 valence electrons. The number of allylic oxidation sites excluding steroid dienone is 2. The van der Waals surface area contributed by atoms with Crippen molar-refractivity contribution in [3.05, 3.63) is 12.2 Å². The van der Waals surface area contributed by atoms with E-state index >= 15 is 0 Å². The number of nitriles is 1.